The third-order valence-electron chi connectivity index (χ3n) is 5.93. The molecule has 0 bridgehead atoms. The van der Waals surface area contributed by atoms with E-state index in [0.29, 0.717) is 11.8 Å². The number of carbonyl (C=O) groups excluding carboxylic acids is 1. The Morgan fingerprint density at radius 3 is 2.72 bits per heavy atom. The van der Waals surface area contributed by atoms with E-state index in [9.17, 15) is 4.79 Å². The van der Waals surface area contributed by atoms with Gasteiger partial charge in [0, 0.05) is 23.1 Å². The van der Waals surface area contributed by atoms with E-state index in [1.807, 2.05) is 29.1 Å². The van der Waals surface area contributed by atoms with Crippen molar-refractivity contribution in [3.05, 3.63) is 48.5 Å². The van der Waals surface area contributed by atoms with Gasteiger partial charge in [-0.25, -0.2) is 4.98 Å². The van der Waals surface area contributed by atoms with Crippen LogP contribution in [0.1, 0.15) is 19.4 Å². The molecule has 5 heteroatoms. The van der Waals surface area contributed by atoms with Crippen LogP contribution in [0.2, 0.25) is 0 Å². The van der Waals surface area contributed by atoms with Gasteiger partial charge < -0.3 is 15.0 Å². The number of nitrogens with one attached hydrogen (secondary N) is 2. The maximum Gasteiger partial charge on any atom is 0.224 e. The number of aromatic nitrogens is 2. The summed E-state index contributed by atoms with van der Waals surface area (Å²) >= 11 is 0. The molecule has 1 saturated carbocycles. The van der Waals surface area contributed by atoms with E-state index < -0.39 is 5.54 Å². The van der Waals surface area contributed by atoms with Gasteiger partial charge in [-0.2, -0.15) is 0 Å². The first-order chi connectivity index (χ1) is 12.1. The Bertz CT molecular complexity index is 980. The molecule has 3 aromatic rings. The van der Waals surface area contributed by atoms with Crippen LogP contribution >= 0.6 is 0 Å². The molecular weight excluding hydrogens is 312 g/mol. The first-order valence-electron chi connectivity index (χ1n) is 8.93. The molecule has 128 valence electrons. The van der Waals surface area contributed by atoms with E-state index in [2.05, 4.69) is 47.8 Å². The molecule has 0 radical (unpaired) electrons. The lowest BCUT2D eigenvalue weighted by Gasteiger charge is -2.29. The van der Waals surface area contributed by atoms with Gasteiger partial charge in [0.25, 0.3) is 0 Å². The highest BCUT2D eigenvalue weighted by Crippen LogP contribution is 2.49. The van der Waals surface area contributed by atoms with Crippen LogP contribution < -0.4 is 10.6 Å². The minimum Gasteiger partial charge on any atom is -0.347 e. The number of piperidine rings is 1. The molecule has 1 aliphatic carbocycles. The molecule has 2 fully saturated rings. The van der Waals surface area contributed by atoms with Crippen molar-refractivity contribution in [2.75, 3.05) is 13.1 Å². The lowest BCUT2D eigenvalue weighted by Crippen LogP contribution is -2.43. The third-order valence-corrected chi connectivity index (χ3v) is 5.93. The number of hydrogen-bond acceptors (Lipinski definition) is 3. The van der Waals surface area contributed by atoms with Crippen LogP contribution in [0.4, 0.5) is 0 Å². The molecule has 5 rings (SSSR count). The van der Waals surface area contributed by atoms with E-state index in [1.54, 1.807) is 0 Å². The Kier molecular flexibility index (Phi) is 3.01. The van der Waals surface area contributed by atoms with Crippen molar-refractivity contribution >= 4 is 22.2 Å². The molecule has 0 spiro atoms. The molecule has 2 aromatic heterocycles. The minimum atomic E-state index is -0.445. The van der Waals surface area contributed by atoms with Crippen LogP contribution in [0.3, 0.4) is 0 Å². The second-order valence-electron chi connectivity index (χ2n) is 7.90. The van der Waals surface area contributed by atoms with Gasteiger partial charge >= 0.3 is 0 Å². The fourth-order valence-corrected chi connectivity index (χ4v) is 4.53. The SMILES string of the molecule is CC(C)(NC(=O)[C@H]1[C@@H]2CNC[C@@H]21)c1cn2cncc2c2ccccc12. The van der Waals surface area contributed by atoms with Crippen LogP contribution in [0.15, 0.2) is 43.0 Å². The first kappa shape index (κ1) is 14.9. The minimum absolute atomic E-state index is 0.184. The van der Waals surface area contributed by atoms with Crippen LogP contribution in [0, 0.1) is 17.8 Å². The first-order valence-corrected chi connectivity index (χ1v) is 8.93. The quantitative estimate of drug-likeness (QED) is 0.773. The third kappa shape index (κ3) is 2.19. The lowest BCUT2D eigenvalue weighted by atomic mass is 9.90. The number of nitrogens with zero attached hydrogens (tertiary/aromatic N) is 2. The van der Waals surface area contributed by atoms with Crippen LogP contribution in [-0.2, 0) is 10.3 Å². The summed E-state index contributed by atoms with van der Waals surface area (Å²) in [4.78, 5) is 17.1. The van der Waals surface area contributed by atoms with Crippen molar-refractivity contribution in [2.45, 2.75) is 19.4 Å². The zero-order valence-corrected chi connectivity index (χ0v) is 14.5. The number of imidazole rings is 1. The summed E-state index contributed by atoms with van der Waals surface area (Å²) in [7, 11) is 0. The van der Waals surface area contributed by atoms with Gasteiger partial charge in [-0.05, 0) is 44.2 Å². The van der Waals surface area contributed by atoms with E-state index in [4.69, 9.17) is 0 Å². The lowest BCUT2D eigenvalue weighted by molar-refractivity contribution is -0.124. The number of benzene rings is 1. The van der Waals surface area contributed by atoms with Gasteiger partial charge in [0.2, 0.25) is 5.91 Å². The number of amides is 1. The number of pyridine rings is 1. The number of fused-ring (bicyclic) bond motifs is 4. The Balaban J connectivity index is 1.55. The summed E-state index contributed by atoms with van der Waals surface area (Å²) in [5.74, 6) is 1.44. The Morgan fingerprint density at radius 1 is 1.24 bits per heavy atom. The maximum absolute atomic E-state index is 12.8. The number of carbonyl (C=O) groups is 1. The monoisotopic (exact) mass is 334 g/mol. The smallest absolute Gasteiger partial charge is 0.224 e. The Morgan fingerprint density at radius 2 is 1.96 bits per heavy atom. The molecule has 1 aromatic carbocycles. The van der Waals surface area contributed by atoms with Gasteiger partial charge in [0.1, 0.15) is 0 Å². The van der Waals surface area contributed by atoms with Crippen molar-refractivity contribution in [3.63, 3.8) is 0 Å². The molecule has 0 unspecified atom stereocenters. The Labute approximate surface area is 146 Å². The van der Waals surface area contributed by atoms with Gasteiger partial charge in [0.15, 0.2) is 0 Å². The van der Waals surface area contributed by atoms with E-state index in [0.717, 1.165) is 29.6 Å². The van der Waals surface area contributed by atoms with Crippen molar-refractivity contribution < 1.29 is 4.79 Å². The van der Waals surface area contributed by atoms with E-state index >= 15 is 0 Å². The van der Waals surface area contributed by atoms with Gasteiger partial charge in [-0.1, -0.05) is 24.3 Å². The van der Waals surface area contributed by atoms with Crippen molar-refractivity contribution in [1.29, 1.82) is 0 Å². The highest BCUT2D eigenvalue weighted by molar-refractivity contribution is 5.98. The molecule has 1 amide bonds. The molecular formula is C20H22N4O. The van der Waals surface area contributed by atoms with E-state index in [1.165, 1.54) is 5.39 Å². The molecule has 25 heavy (non-hydrogen) atoms. The molecule has 1 saturated heterocycles. The molecule has 5 nitrogen and oxygen atoms in total. The molecule has 3 atom stereocenters. The highest BCUT2D eigenvalue weighted by atomic mass is 16.2. The van der Waals surface area contributed by atoms with Gasteiger partial charge in [0.05, 0.1) is 23.6 Å². The topological polar surface area (TPSA) is 58.4 Å². The van der Waals surface area contributed by atoms with Gasteiger partial charge in [-0.15, -0.1) is 0 Å². The molecule has 1 aliphatic heterocycles. The summed E-state index contributed by atoms with van der Waals surface area (Å²) in [6, 6.07) is 8.34. The maximum atomic E-state index is 12.8. The second kappa shape index (κ2) is 5.05. The summed E-state index contributed by atoms with van der Waals surface area (Å²) < 4.78 is 2.04. The highest BCUT2D eigenvalue weighted by Gasteiger charge is 2.57. The summed E-state index contributed by atoms with van der Waals surface area (Å²) in [6.07, 6.45) is 5.80. The zero-order valence-electron chi connectivity index (χ0n) is 14.5. The fraction of sp³-hybridized carbons (Fsp3) is 0.400. The number of hydrogen-bond donors (Lipinski definition) is 2. The van der Waals surface area contributed by atoms with Crippen molar-refractivity contribution in [2.24, 2.45) is 17.8 Å². The standard InChI is InChI=1S/C20H22N4O/c1-20(2,23-19(25)18-14-7-21-8-15(14)18)16-10-24-11-22-9-17(24)13-6-4-3-5-12(13)16/h3-6,9-11,14-15,18,21H,7-8H2,1-2H3,(H,23,25)/t14-,15+,18+. The normalized spacial score (nSPS) is 25.3. The predicted molar refractivity (Wildman–Crippen MR) is 97.2 cm³/mol. The predicted octanol–water partition coefficient (Wildman–Crippen LogP) is 2.30. The second-order valence-corrected chi connectivity index (χ2v) is 7.90. The summed E-state index contributed by atoms with van der Waals surface area (Å²) in [5, 5.41) is 8.99. The Hall–Kier alpha value is -2.40. The fourth-order valence-electron chi connectivity index (χ4n) is 4.53. The zero-order chi connectivity index (χ0) is 17.2. The van der Waals surface area contributed by atoms with E-state index in [-0.39, 0.29) is 11.8 Å². The van der Waals surface area contributed by atoms with Crippen molar-refractivity contribution in [3.8, 4) is 0 Å². The van der Waals surface area contributed by atoms with Crippen molar-refractivity contribution in [1.82, 2.24) is 20.0 Å². The van der Waals surface area contributed by atoms with Gasteiger partial charge in [-0.3, -0.25) is 4.79 Å². The van der Waals surface area contributed by atoms with Crippen LogP contribution in [-0.4, -0.2) is 28.4 Å². The largest absolute Gasteiger partial charge is 0.347 e. The average Bonchev–Trinajstić information content (AvgIpc) is 2.95. The summed E-state index contributed by atoms with van der Waals surface area (Å²) in [6.45, 7) is 6.14. The molecule has 2 N–H and O–H groups in total. The average molecular weight is 334 g/mol. The summed E-state index contributed by atoms with van der Waals surface area (Å²) in [5.41, 5.74) is 1.76. The van der Waals surface area contributed by atoms with Crippen LogP contribution in [0.25, 0.3) is 16.3 Å². The molecule has 2 aliphatic rings. The van der Waals surface area contributed by atoms with Crippen LogP contribution in [0.5, 0.6) is 0 Å². The number of rotatable bonds is 3. The molecule has 3 heterocycles.